The van der Waals surface area contributed by atoms with Gasteiger partial charge in [-0.2, -0.15) is 4.98 Å². The van der Waals surface area contributed by atoms with Gasteiger partial charge in [0.15, 0.2) is 5.82 Å². The number of benzene rings is 1. The van der Waals surface area contributed by atoms with Crippen molar-refractivity contribution in [1.29, 1.82) is 0 Å². The fourth-order valence-corrected chi connectivity index (χ4v) is 6.07. The molecule has 0 radical (unpaired) electrons. The molecule has 1 aromatic heterocycles. The minimum Gasteiger partial charge on any atom is -0.444 e. The first-order chi connectivity index (χ1) is 17.7. The van der Waals surface area contributed by atoms with Crippen molar-refractivity contribution in [2.24, 2.45) is 17.6 Å². The largest absolute Gasteiger partial charge is 0.444 e. The molecule has 2 aromatic rings. The molecule has 198 valence electrons. The molecule has 5 rings (SSSR count). The van der Waals surface area contributed by atoms with E-state index in [1.54, 1.807) is 13.3 Å². The molecule has 1 amide bonds. The highest BCUT2D eigenvalue weighted by atomic mass is 35.5. The van der Waals surface area contributed by atoms with E-state index in [0.29, 0.717) is 23.4 Å². The van der Waals surface area contributed by atoms with Crippen molar-refractivity contribution in [3.05, 3.63) is 47.1 Å². The van der Waals surface area contributed by atoms with E-state index >= 15 is 0 Å². The van der Waals surface area contributed by atoms with E-state index in [-0.39, 0.29) is 29.4 Å². The average Bonchev–Trinajstić information content (AvgIpc) is 3.42. The zero-order valence-corrected chi connectivity index (χ0v) is 22.3. The highest BCUT2D eigenvalue weighted by Gasteiger charge is 2.47. The molecule has 1 aliphatic heterocycles. The van der Waals surface area contributed by atoms with Crippen LogP contribution in [0.15, 0.2) is 36.5 Å². The number of nitrogens with two attached hydrogens (primary N) is 1. The maximum atomic E-state index is 11.5. The Morgan fingerprint density at radius 3 is 2.89 bits per heavy atom. The quantitative estimate of drug-likeness (QED) is 0.418. The number of methoxy groups -OCH3 is 1. The Kier molecular flexibility index (Phi) is 7.18. The molecule has 10 heteroatoms. The average molecular weight is 527 g/mol. The summed E-state index contributed by atoms with van der Waals surface area (Å²) in [5, 5.41) is 7.14. The molecule has 37 heavy (non-hydrogen) atoms. The second kappa shape index (κ2) is 10.4. The summed E-state index contributed by atoms with van der Waals surface area (Å²) in [5.41, 5.74) is 8.84. The van der Waals surface area contributed by atoms with Crippen molar-refractivity contribution in [2.75, 3.05) is 42.3 Å². The van der Waals surface area contributed by atoms with Gasteiger partial charge in [-0.1, -0.05) is 43.7 Å². The molecule has 9 nitrogen and oxygen atoms in total. The summed E-state index contributed by atoms with van der Waals surface area (Å²) in [5.74, 6) is 1.26. The molecule has 0 saturated heterocycles. The second-order valence-electron chi connectivity index (χ2n) is 10.7. The molecule has 2 bridgehead atoms. The summed E-state index contributed by atoms with van der Waals surface area (Å²) in [7, 11) is 1.74. The van der Waals surface area contributed by atoms with E-state index < -0.39 is 6.09 Å². The lowest BCUT2D eigenvalue weighted by Crippen LogP contribution is -2.41. The first-order valence-electron chi connectivity index (χ1n) is 12.8. The summed E-state index contributed by atoms with van der Waals surface area (Å²) in [6.45, 7) is 7.10. The third kappa shape index (κ3) is 5.33. The number of nitrogens with zero attached hydrogens (tertiary/aromatic N) is 3. The van der Waals surface area contributed by atoms with Crippen LogP contribution in [0.1, 0.15) is 38.7 Å². The number of carbonyl (C=O) groups is 1. The fourth-order valence-electron chi connectivity index (χ4n) is 5.92. The van der Waals surface area contributed by atoms with E-state index in [9.17, 15) is 4.79 Å². The van der Waals surface area contributed by atoms with Crippen LogP contribution in [0.3, 0.4) is 0 Å². The molecule has 3 aliphatic rings. The maximum Gasteiger partial charge on any atom is 0.404 e. The van der Waals surface area contributed by atoms with Crippen molar-refractivity contribution < 1.29 is 14.3 Å². The SMILES string of the molecule is COCCN1CCCC(C)(C)c2ccc(Nc3ncc(Cl)c(N[C@H]4[C@@H](OC(N)=O)[C@@H]5C=C[C@H]4C5)n3)cc21. The zero-order chi connectivity index (χ0) is 26.2. The number of halogens is 1. The molecule has 1 aromatic carbocycles. The van der Waals surface area contributed by atoms with Gasteiger partial charge in [-0.05, 0) is 42.4 Å². The van der Waals surface area contributed by atoms with Gasteiger partial charge in [0.05, 0.1) is 18.8 Å². The number of carbonyl (C=O) groups excluding carboxylic acids is 1. The predicted octanol–water partition coefficient (Wildman–Crippen LogP) is 4.85. The number of hydrogen-bond acceptors (Lipinski definition) is 8. The van der Waals surface area contributed by atoms with E-state index in [1.165, 1.54) is 11.3 Å². The number of ether oxygens (including phenoxy) is 2. The minimum atomic E-state index is -0.778. The lowest BCUT2D eigenvalue weighted by Gasteiger charge is -2.29. The van der Waals surface area contributed by atoms with E-state index in [2.05, 4.69) is 69.7 Å². The van der Waals surface area contributed by atoms with Crippen molar-refractivity contribution in [2.45, 2.75) is 50.7 Å². The topological polar surface area (TPSA) is 115 Å². The molecular weight excluding hydrogens is 492 g/mol. The van der Waals surface area contributed by atoms with Crippen LogP contribution in [0.5, 0.6) is 0 Å². The first kappa shape index (κ1) is 25.6. The third-order valence-corrected chi connectivity index (χ3v) is 8.08. The molecule has 2 heterocycles. The van der Waals surface area contributed by atoms with Gasteiger partial charge in [-0.15, -0.1) is 0 Å². The van der Waals surface area contributed by atoms with Crippen LogP contribution in [-0.4, -0.2) is 55.0 Å². The van der Waals surface area contributed by atoms with Gasteiger partial charge >= 0.3 is 6.09 Å². The summed E-state index contributed by atoms with van der Waals surface area (Å²) in [6.07, 6.45) is 7.82. The zero-order valence-electron chi connectivity index (χ0n) is 21.5. The van der Waals surface area contributed by atoms with Crippen LogP contribution in [-0.2, 0) is 14.9 Å². The number of aromatic nitrogens is 2. The van der Waals surface area contributed by atoms with Gasteiger partial charge < -0.3 is 30.7 Å². The standard InChI is InChI=1S/C27H35ClN6O3/c1-27(2)9-4-10-34(11-12-36-3)21-14-18(7-8-19(21)27)31-26-30-15-20(28)24(33-26)32-22-16-5-6-17(13-16)23(22)37-25(29)35/h5-8,14-17,22-23H,4,9-13H2,1-3H3,(H2,29,35)(H2,30,31,32,33)/t16-,17+,22+,23-/m0/s1. The number of amides is 1. The van der Waals surface area contributed by atoms with Crippen LogP contribution >= 0.6 is 11.6 Å². The number of anilines is 4. The molecule has 0 spiro atoms. The van der Waals surface area contributed by atoms with Gasteiger partial charge in [-0.3, -0.25) is 0 Å². The lowest BCUT2D eigenvalue weighted by molar-refractivity contribution is 0.0853. The molecular formula is C27H35ClN6O3. The summed E-state index contributed by atoms with van der Waals surface area (Å²) in [6, 6.07) is 6.28. The van der Waals surface area contributed by atoms with Crippen molar-refractivity contribution in [3.63, 3.8) is 0 Å². The molecule has 1 saturated carbocycles. The van der Waals surface area contributed by atoms with Crippen molar-refractivity contribution in [1.82, 2.24) is 9.97 Å². The Labute approximate surface area is 222 Å². The fraction of sp³-hybridized carbons (Fsp3) is 0.519. The minimum absolute atomic E-state index is 0.0855. The highest BCUT2D eigenvalue weighted by Crippen LogP contribution is 2.43. The highest BCUT2D eigenvalue weighted by molar-refractivity contribution is 6.32. The van der Waals surface area contributed by atoms with Crippen LogP contribution in [0.4, 0.5) is 27.9 Å². The first-order valence-corrected chi connectivity index (χ1v) is 13.2. The van der Waals surface area contributed by atoms with E-state index in [0.717, 1.165) is 38.0 Å². The number of hydrogen-bond donors (Lipinski definition) is 3. The Morgan fingerprint density at radius 2 is 2.11 bits per heavy atom. The predicted molar refractivity (Wildman–Crippen MR) is 146 cm³/mol. The number of primary amides is 1. The Bertz CT molecular complexity index is 1190. The van der Waals surface area contributed by atoms with Gasteiger partial charge in [0, 0.05) is 43.4 Å². The Balaban J connectivity index is 1.38. The van der Waals surface area contributed by atoms with E-state index in [1.807, 2.05) is 0 Å². The third-order valence-electron chi connectivity index (χ3n) is 7.81. The van der Waals surface area contributed by atoms with Gasteiger partial charge in [0.2, 0.25) is 5.95 Å². The number of fused-ring (bicyclic) bond motifs is 3. The molecule has 4 N–H and O–H groups in total. The Hall–Kier alpha value is -3.04. The van der Waals surface area contributed by atoms with Gasteiger partial charge in [0.25, 0.3) is 0 Å². The van der Waals surface area contributed by atoms with Crippen LogP contribution in [0, 0.1) is 11.8 Å². The maximum absolute atomic E-state index is 11.5. The summed E-state index contributed by atoms with van der Waals surface area (Å²) < 4.78 is 10.8. The summed E-state index contributed by atoms with van der Waals surface area (Å²) in [4.78, 5) is 22.9. The van der Waals surface area contributed by atoms with Gasteiger partial charge in [0.1, 0.15) is 11.1 Å². The molecule has 4 atom stereocenters. The van der Waals surface area contributed by atoms with Crippen LogP contribution in [0.2, 0.25) is 5.02 Å². The van der Waals surface area contributed by atoms with Crippen LogP contribution in [0.25, 0.3) is 0 Å². The van der Waals surface area contributed by atoms with Crippen molar-refractivity contribution in [3.8, 4) is 0 Å². The molecule has 0 unspecified atom stereocenters. The summed E-state index contributed by atoms with van der Waals surface area (Å²) >= 11 is 6.46. The smallest absolute Gasteiger partial charge is 0.404 e. The van der Waals surface area contributed by atoms with E-state index in [4.69, 9.17) is 26.8 Å². The Morgan fingerprint density at radius 1 is 1.30 bits per heavy atom. The normalized spacial score (nSPS) is 25.5. The van der Waals surface area contributed by atoms with Gasteiger partial charge in [-0.25, -0.2) is 9.78 Å². The number of rotatable bonds is 8. The molecule has 1 fully saturated rings. The lowest BCUT2D eigenvalue weighted by atomic mass is 9.80. The molecule has 2 aliphatic carbocycles. The second-order valence-corrected chi connectivity index (χ2v) is 11.1. The number of nitrogens with one attached hydrogen (secondary N) is 2. The monoisotopic (exact) mass is 526 g/mol. The van der Waals surface area contributed by atoms with Crippen LogP contribution < -0.4 is 21.3 Å². The van der Waals surface area contributed by atoms with Crippen molar-refractivity contribution >= 4 is 40.8 Å².